The maximum atomic E-state index is 13.6. The molecule has 4 aromatic rings. The van der Waals surface area contributed by atoms with Crippen molar-refractivity contribution in [1.82, 2.24) is 40.8 Å². The molecule has 0 saturated carbocycles. The molecule has 1 aliphatic rings. The molecule has 4 amide bonds. The highest BCUT2D eigenvalue weighted by Crippen LogP contribution is 2.31. The fraction of sp³-hybridized carbons (Fsp3) is 0.415. The van der Waals surface area contributed by atoms with Crippen LogP contribution in [-0.4, -0.2) is 88.7 Å². The Morgan fingerprint density at radius 3 is 2.33 bits per heavy atom. The highest BCUT2D eigenvalue weighted by atomic mass is 16.5. The standard InChI is InChI=1S/C38H44N8O6.C3H8/c1-23(2)34(45-38(50)52-5)36(48)46-22-24(3)18-31(46)35-40-20-30(44-35)27-14-11-25(12-15-27)9-10-26-13-16-28-29(19-26)43-32(42-28)8-6-7-17-39-33(47)21-41-37(49)51-4;1-3-2/h11-16,18-20,23,31,34H,6-8,17,21-22H2,1-5H3,(H,39,47)(H,40,44)(H,41,49)(H,42,43)(H,45,50);3H2,1-2H3. The second-order valence-corrected chi connectivity index (χ2v) is 13.6. The molecule has 0 radical (unpaired) electrons. The Kier molecular flexibility index (Phi) is 15.4. The van der Waals surface area contributed by atoms with E-state index in [-0.39, 0.29) is 30.3 Å². The Bertz CT molecular complexity index is 2020. The van der Waals surface area contributed by atoms with Crippen molar-refractivity contribution in [3.8, 4) is 23.1 Å². The van der Waals surface area contributed by atoms with E-state index in [1.807, 2.05) is 69.3 Å². The smallest absolute Gasteiger partial charge is 0.407 e. The van der Waals surface area contributed by atoms with Crippen molar-refractivity contribution in [2.75, 3.05) is 33.9 Å². The van der Waals surface area contributed by atoms with Gasteiger partial charge in [-0.1, -0.05) is 69.7 Å². The molecule has 0 saturated heterocycles. The Labute approximate surface area is 322 Å². The summed E-state index contributed by atoms with van der Waals surface area (Å²) in [5, 5.41) is 7.78. The number of amides is 4. The number of aromatic amines is 2. The lowest BCUT2D eigenvalue weighted by molar-refractivity contribution is -0.135. The molecular weight excluding hydrogens is 701 g/mol. The molecule has 0 fully saturated rings. The average Bonchev–Trinajstić information content (AvgIpc) is 3.93. The predicted molar refractivity (Wildman–Crippen MR) is 211 cm³/mol. The molecule has 0 bridgehead atoms. The van der Waals surface area contributed by atoms with Gasteiger partial charge in [-0.15, -0.1) is 0 Å². The number of hydrogen-bond donors (Lipinski definition) is 5. The van der Waals surface area contributed by atoms with Crippen molar-refractivity contribution in [1.29, 1.82) is 0 Å². The van der Waals surface area contributed by atoms with Gasteiger partial charge in [0.15, 0.2) is 0 Å². The van der Waals surface area contributed by atoms with Gasteiger partial charge < -0.3 is 40.3 Å². The highest BCUT2D eigenvalue weighted by molar-refractivity contribution is 5.87. The first kappa shape index (κ1) is 41.7. The third-order valence-electron chi connectivity index (χ3n) is 8.57. The van der Waals surface area contributed by atoms with E-state index in [1.54, 1.807) is 11.1 Å². The number of alkyl carbamates (subject to hydrolysis) is 2. The number of hydrogen-bond acceptors (Lipinski definition) is 8. The van der Waals surface area contributed by atoms with Crippen molar-refractivity contribution in [3.63, 3.8) is 0 Å². The molecule has 2 unspecified atom stereocenters. The molecule has 55 heavy (non-hydrogen) atoms. The number of rotatable bonds is 12. The van der Waals surface area contributed by atoms with Gasteiger partial charge in [-0.25, -0.2) is 19.6 Å². The number of carbonyl (C=O) groups is 4. The van der Waals surface area contributed by atoms with Crippen LogP contribution in [0.2, 0.25) is 0 Å². The molecule has 2 atom stereocenters. The zero-order valence-electron chi connectivity index (χ0n) is 32.7. The second kappa shape index (κ2) is 20.4. The maximum absolute atomic E-state index is 13.6. The molecule has 3 heterocycles. The number of unbranched alkanes of at least 4 members (excludes halogenated alkanes) is 1. The van der Waals surface area contributed by atoms with E-state index >= 15 is 0 Å². The van der Waals surface area contributed by atoms with Crippen molar-refractivity contribution in [3.05, 3.63) is 83.1 Å². The minimum absolute atomic E-state index is 0.123. The zero-order chi connectivity index (χ0) is 39.9. The van der Waals surface area contributed by atoms with Crippen LogP contribution in [0.5, 0.6) is 0 Å². The van der Waals surface area contributed by atoms with Crippen LogP contribution in [-0.2, 0) is 25.5 Å². The number of methoxy groups -OCH3 is 2. The number of ether oxygens (including phenoxy) is 2. The minimum Gasteiger partial charge on any atom is -0.453 e. The Balaban J connectivity index is 0.00000217. The zero-order valence-corrected chi connectivity index (χ0v) is 32.7. The molecule has 292 valence electrons. The molecular formula is C41H52N8O6. The first-order chi connectivity index (χ1) is 26.5. The first-order valence-electron chi connectivity index (χ1n) is 18.5. The summed E-state index contributed by atoms with van der Waals surface area (Å²) in [7, 11) is 2.52. The highest BCUT2D eigenvalue weighted by Gasteiger charge is 2.36. The van der Waals surface area contributed by atoms with Gasteiger partial charge in [-0.3, -0.25) is 9.59 Å². The molecule has 0 aliphatic carbocycles. The van der Waals surface area contributed by atoms with Gasteiger partial charge in [0.1, 0.15) is 23.7 Å². The van der Waals surface area contributed by atoms with Crippen LogP contribution in [0.3, 0.4) is 0 Å². The summed E-state index contributed by atoms with van der Waals surface area (Å²) in [6, 6.07) is 12.6. The predicted octanol–water partition coefficient (Wildman–Crippen LogP) is 5.77. The number of fused-ring (bicyclic) bond motifs is 1. The van der Waals surface area contributed by atoms with Crippen LogP contribution in [0.4, 0.5) is 9.59 Å². The molecule has 0 spiro atoms. The van der Waals surface area contributed by atoms with Gasteiger partial charge in [-0.2, -0.15) is 0 Å². The van der Waals surface area contributed by atoms with Gasteiger partial charge >= 0.3 is 12.2 Å². The largest absolute Gasteiger partial charge is 0.453 e. The SMILES string of the molecule is CCC.COC(=O)NCC(=O)NCCCCc1nc2ccc(C#Cc3ccc(-c4cnc(C5C=C(C)CN5C(=O)C(NC(=O)OC)C(C)C)[nH]4)cc3)cc2[nH]1. The summed E-state index contributed by atoms with van der Waals surface area (Å²) < 4.78 is 9.19. The quantitative estimate of drug-likeness (QED) is 0.0686. The van der Waals surface area contributed by atoms with Crippen molar-refractivity contribution in [2.45, 2.75) is 72.4 Å². The van der Waals surface area contributed by atoms with Gasteiger partial charge in [0, 0.05) is 30.6 Å². The summed E-state index contributed by atoms with van der Waals surface area (Å²) in [5.41, 5.74) is 6.25. The van der Waals surface area contributed by atoms with Crippen LogP contribution in [0.25, 0.3) is 22.3 Å². The van der Waals surface area contributed by atoms with E-state index in [2.05, 4.69) is 66.3 Å². The number of aryl methyl sites for hydroxylation is 1. The van der Waals surface area contributed by atoms with E-state index in [1.165, 1.54) is 20.6 Å². The number of H-pyrrole nitrogens is 2. The molecule has 1 aliphatic heterocycles. The number of nitrogens with zero attached hydrogens (tertiary/aromatic N) is 3. The van der Waals surface area contributed by atoms with E-state index < -0.39 is 18.2 Å². The lowest BCUT2D eigenvalue weighted by atomic mass is 10.0. The monoisotopic (exact) mass is 752 g/mol. The summed E-state index contributed by atoms with van der Waals surface area (Å²) in [4.78, 5) is 66.1. The topological polar surface area (TPSA) is 183 Å². The lowest BCUT2D eigenvalue weighted by Crippen LogP contribution is -2.51. The summed E-state index contributed by atoms with van der Waals surface area (Å²) in [5.74, 6) is 7.37. The van der Waals surface area contributed by atoms with Crippen LogP contribution in [0.15, 0.2) is 60.3 Å². The van der Waals surface area contributed by atoms with E-state index in [0.717, 1.165) is 64.1 Å². The van der Waals surface area contributed by atoms with Gasteiger partial charge in [0.25, 0.3) is 0 Å². The van der Waals surface area contributed by atoms with Crippen LogP contribution in [0.1, 0.15) is 82.7 Å². The summed E-state index contributed by atoms with van der Waals surface area (Å²) in [6.45, 7) is 10.8. The molecule has 14 heteroatoms. The fourth-order valence-electron chi connectivity index (χ4n) is 5.80. The first-order valence-corrected chi connectivity index (χ1v) is 18.5. The summed E-state index contributed by atoms with van der Waals surface area (Å²) in [6.07, 6.45) is 6.06. The number of imidazole rings is 2. The Morgan fingerprint density at radius 2 is 1.64 bits per heavy atom. The van der Waals surface area contributed by atoms with Crippen molar-refractivity contribution in [2.24, 2.45) is 5.92 Å². The molecule has 2 aromatic carbocycles. The third kappa shape index (κ3) is 11.9. The minimum atomic E-state index is -0.731. The molecule has 2 aromatic heterocycles. The normalized spacial score (nSPS) is 13.9. The number of nitrogens with one attached hydrogen (secondary N) is 5. The van der Waals surface area contributed by atoms with Gasteiger partial charge in [-0.05, 0) is 61.6 Å². The number of aromatic nitrogens is 4. The lowest BCUT2D eigenvalue weighted by Gasteiger charge is -2.30. The molecule has 14 nitrogen and oxygen atoms in total. The van der Waals surface area contributed by atoms with Crippen LogP contribution in [0, 0.1) is 17.8 Å². The molecule has 5 rings (SSSR count). The Morgan fingerprint density at radius 1 is 0.945 bits per heavy atom. The summed E-state index contributed by atoms with van der Waals surface area (Å²) >= 11 is 0. The fourth-order valence-corrected chi connectivity index (χ4v) is 5.80. The van der Waals surface area contributed by atoms with Crippen molar-refractivity contribution < 1.29 is 28.7 Å². The molecule has 5 N–H and O–H groups in total. The van der Waals surface area contributed by atoms with E-state index in [4.69, 9.17) is 4.74 Å². The second-order valence-electron chi connectivity index (χ2n) is 13.6. The van der Waals surface area contributed by atoms with E-state index in [0.29, 0.717) is 18.9 Å². The van der Waals surface area contributed by atoms with Gasteiger partial charge in [0.05, 0.1) is 43.7 Å². The van der Waals surface area contributed by atoms with Crippen molar-refractivity contribution >= 4 is 35.0 Å². The van der Waals surface area contributed by atoms with E-state index in [9.17, 15) is 19.2 Å². The number of carbonyl (C=O) groups excluding carboxylic acids is 4. The Hall–Kier alpha value is -6.10. The van der Waals surface area contributed by atoms with Crippen LogP contribution < -0.4 is 16.0 Å². The third-order valence-corrected chi connectivity index (χ3v) is 8.57. The maximum Gasteiger partial charge on any atom is 0.407 e. The number of benzene rings is 2. The van der Waals surface area contributed by atoms with Gasteiger partial charge in [0.2, 0.25) is 11.8 Å². The average molecular weight is 753 g/mol. The van der Waals surface area contributed by atoms with Crippen LogP contribution >= 0.6 is 0 Å².